The van der Waals surface area contributed by atoms with E-state index >= 15 is 0 Å². The highest BCUT2D eigenvalue weighted by molar-refractivity contribution is 5.96. The Hall–Kier alpha value is -2.69. The molecule has 1 aliphatic rings. The summed E-state index contributed by atoms with van der Waals surface area (Å²) in [5, 5.41) is 3.66. The van der Waals surface area contributed by atoms with Gasteiger partial charge in [0, 0.05) is 17.8 Å². The lowest BCUT2D eigenvalue weighted by atomic mass is 10.2. The molecule has 0 aliphatic carbocycles. The van der Waals surface area contributed by atoms with Gasteiger partial charge in [-0.05, 0) is 24.1 Å². The van der Waals surface area contributed by atoms with Crippen molar-refractivity contribution >= 4 is 17.8 Å². The van der Waals surface area contributed by atoms with Crippen LogP contribution in [0, 0.1) is 5.82 Å². The fraction of sp³-hybridized carbons (Fsp3) is 0.176. The van der Waals surface area contributed by atoms with Crippen LogP contribution < -0.4 is 4.90 Å². The highest BCUT2D eigenvalue weighted by atomic mass is 19.1. The number of halogens is 1. The van der Waals surface area contributed by atoms with E-state index in [1.807, 2.05) is 24.3 Å². The number of anilines is 1. The lowest BCUT2D eigenvalue weighted by Gasteiger charge is -2.16. The molecule has 3 rings (SSSR count). The zero-order chi connectivity index (χ0) is 15.4. The standard InChI is InChI=1S/C17H15FN2O2/c18-15-7-3-1-6-14(15)11-19-22-12-17(21)20-10-9-13-5-2-4-8-16(13)20/h1-8,11H,9-10,12H2/b19-11-. The molecule has 0 bridgehead atoms. The normalized spacial score (nSPS) is 13.4. The van der Waals surface area contributed by atoms with Gasteiger partial charge in [0.15, 0.2) is 6.61 Å². The molecule has 2 aromatic carbocycles. The van der Waals surface area contributed by atoms with E-state index in [0.717, 1.165) is 17.7 Å². The van der Waals surface area contributed by atoms with E-state index in [0.29, 0.717) is 12.1 Å². The number of carbonyl (C=O) groups excluding carboxylic acids is 1. The number of hydrogen-bond acceptors (Lipinski definition) is 3. The largest absolute Gasteiger partial charge is 0.386 e. The zero-order valence-electron chi connectivity index (χ0n) is 11.9. The van der Waals surface area contributed by atoms with Crippen LogP contribution in [-0.4, -0.2) is 25.3 Å². The fourth-order valence-corrected chi connectivity index (χ4v) is 2.44. The molecule has 0 spiro atoms. The van der Waals surface area contributed by atoms with Gasteiger partial charge in [0.2, 0.25) is 0 Å². The summed E-state index contributed by atoms with van der Waals surface area (Å²) in [6.07, 6.45) is 2.11. The Morgan fingerprint density at radius 3 is 2.86 bits per heavy atom. The zero-order valence-corrected chi connectivity index (χ0v) is 11.9. The molecule has 0 saturated heterocycles. The molecular weight excluding hydrogens is 283 g/mol. The third kappa shape index (κ3) is 2.98. The number of carbonyl (C=O) groups is 1. The third-order valence-corrected chi connectivity index (χ3v) is 3.55. The van der Waals surface area contributed by atoms with E-state index in [1.54, 1.807) is 23.1 Å². The maximum Gasteiger partial charge on any atom is 0.267 e. The Kier molecular flexibility index (Phi) is 4.14. The molecule has 0 atom stereocenters. The van der Waals surface area contributed by atoms with Gasteiger partial charge in [0.05, 0.1) is 6.21 Å². The third-order valence-electron chi connectivity index (χ3n) is 3.55. The van der Waals surface area contributed by atoms with Crippen LogP contribution in [-0.2, 0) is 16.1 Å². The van der Waals surface area contributed by atoms with Crippen molar-refractivity contribution in [1.29, 1.82) is 0 Å². The van der Waals surface area contributed by atoms with Gasteiger partial charge in [0.1, 0.15) is 5.82 Å². The Labute approximate surface area is 127 Å². The number of benzene rings is 2. The molecule has 1 amide bonds. The van der Waals surface area contributed by atoms with Gasteiger partial charge in [-0.2, -0.15) is 0 Å². The summed E-state index contributed by atoms with van der Waals surface area (Å²) in [4.78, 5) is 18.8. The molecule has 0 N–H and O–H groups in total. The molecule has 0 fully saturated rings. The fourth-order valence-electron chi connectivity index (χ4n) is 2.44. The molecule has 5 heteroatoms. The molecule has 4 nitrogen and oxygen atoms in total. The molecule has 0 unspecified atom stereocenters. The number of oxime groups is 1. The van der Waals surface area contributed by atoms with E-state index < -0.39 is 0 Å². The molecule has 2 aromatic rings. The summed E-state index contributed by atoms with van der Waals surface area (Å²) < 4.78 is 13.4. The first-order chi connectivity index (χ1) is 10.8. The van der Waals surface area contributed by atoms with Crippen LogP contribution in [0.5, 0.6) is 0 Å². The minimum absolute atomic E-state index is 0.157. The summed E-state index contributed by atoms with van der Waals surface area (Å²) in [5.74, 6) is -0.537. The van der Waals surface area contributed by atoms with E-state index in [2.05, 4.69) is 5.16 Å². The number of fused-ring (bicyclic) bond motifs is 1. The van der Waals surface area contributed by atoms with Crippen LogP contribution in [0.25, 0.3) is 0 Å². The minimum Gasteiger partial charge on any atom is -0.386 e. The Bertz CT molecular complexity index is 715. The van der Waals surface area contributed by atoms with Crippen molar-refractivity contribution < 1.29 is 14.0 Å². The van der Waals surface area contributed by atoms with Gasteiger partial charge in [0.25, 0.3) is 5.91 Å². The van der Waals surface area contributed by atoms with Crippen LogP contribution in [0.4, 0.5) is 10.1 Å². The van der Waals surface area contributed by atoms with Crippen molar-refractivity contribution in [3.63, 3.8) is 0 Å². The molecule has 1 heterocycles. The van der Waals surface area contributed by atoms with E-state index in [-0.39, 0.29) is 18.3 Å². The predicted octanol–water partition coefficient (Wildman–Crippen LogP) is 2.77. The van der Waals surface area contributed by atoms with Gasteiger partial charge in [-0.1, -0.05) is 41.6 Å². The number of para-hydroxylation sites is 1. The first kappa shape index (κ1) is 14.3. The second-order valence-corrected chi connectivity index (χ2v) is 4.95. The van der Waals surface area contributed by atoms with Crippen LogP contribution in [0.1, 0.15) is 11.1 Å². The van der Waals surface area contributed by atoms with Crippen molar-refractivity contribution in [2.24, 2.45) is 5.16 Å². The molecule has 0 aromatic heterocycles. The number of hydrogen-bond donors (Lipinski definition) is 0. The van der Waals surface area contributed by atoms with Crippen molar-refractivity contribution in [2.45, 2.75) is 6.42 Å². The van der Waals surface area contributed by atoms with Gasteiger partial charge < -0.3 is 9.74 Å². The minimum atomic E-state index is -0.380. The highest BCUT2D eigenvalue weighted by Gasteiger charge is 2.24. The summed E-state index contributed by atoms with van der Waals surface area (Å²) in [6.45, 7) is 0.484. The lowest BCUT2D eigenvalue weighted by molar-refractivity contribution is -0.122. The molecule has 112 valence electrons. The van der Waals surface area contributed by atoms with Gasteiger partial charge in [-0.15, -0.1) is 0 Å². The van der Waals surface area contributed by atoms with E-state index in [1.165, 1.54) is 12.3 Å². The Morgan fingerprint density at radius 2 is 2.00 bits per heavy atom. The van der Waals surface area contributed by atoms with Crippen molar-refractivity contribution in [2.75, 3.05) is 18.1 Å². The highest BCUT2D eigenvalue weighted by Crippen LogP contribution is 2.27. The maximum atomic E-state index is 13.4. The van der Waals surface area contributed by atoms with Crippen LogP contribution in [0.2, 0.25) is 0 Å². The monoisotopic (exact) mass is 298 g/mol. The maximum absolute atomic E-state index is 13.4. The summed E-state index contributed by atoms with van der Waals surface area (Å²) >= 11 is 0. The molecule has 0 saturated carbocycles. The first-order valence-electron chi connectivity index (χ1n) is 7.04. The SMILES string of the molecule is O=C(CO/N=C\c1ccccc1F)N1CCc2ccccc21. The average Bonchev–Trinajstić information content (AvgIpc) is 2.97. The van der Waals surface area contributed by atoms with Crippen LogP contribution in [0.15, 0.2) is 53.7 Å². The first-order valence-corrected chi connectivity index (χ1v) is 7.04. The van der Waals surface area contributed by atoms with Gasteiger partial charge in [-0.25, -0.2) is 4.39 Å². The molecular formula is C17H15FN2O2. The van der Waals surface area contributed by atoms with Crippen molar-refractivity contribution in [3.05, 3.63) is 65.5 Å². The topological polar surface area (TPSA) is 41.9 Å². The summed E-state index contributed by atoms with van der Waals surface area (Å²) in [7, 11) is 0. The van der Waals surface area contributed by atoms with Gasteiger partial charge in [-0.3, -0.25) is 4.79 Å². The second-order valence-electron chi connectivity index (χ2n) is 4.95. The smallest absolute Gasteiger partial charge is 0.267 e. The molecule has 22 heavy (non-hydrogen) atoms. The van der Waals surface area contributed by atoms with Gasteiger partial charge >= 0.3 is 0 Å². The van der Waals surface area contributed by atoms with E-state index in [9.17, 15) is 9.18 Å². The van der Waals surface area contributed by atoms with Crippen LogP contribution >= 0.6 is 0 Å². The van der Waals surface area contributed by atoms with E-state index in [4.69, 9.17) is 4.84 Å². The molecule has 0 radical (unpaired) electrons. The van der Waals surface area contributed by atoms with Crippen LogP contribution in [0.3, 0.4) is 0 Å². The summed E-state index contributed by atoms with van der Waals surface area (Å²) in [5.41, 5.74) is 2.40. The Balaban J connectivity index is 1.57. The van der Waals surface area contributed by atoms with Crippen molar-refractivity contribution in [1.82, 2.24) is 0 Å². The number of nitrogens with zero attached hydrogens (tertiary/aromatic N) is 2. The molecule has 1 aliphatic heterocycles. The average molecular weight is 298 g/mol. The quantitative estimate of drug-likeness (QED) is 0.643. The second kappa shape index (κ2) is 6.39. The summed E-state index contributed by atoms with van der Waals surface area (Å²) in [6, 6.07) is 14.0. The predicted molar refractivity (Wildman–Crippen MR) is 82.4 cm³/mol. The van der Waals surface area contributed by atoms with Crippen molar-refractivity contribution in [3.8, 4) is 0 Å². The lowest BCUT2D eigenvalue weighted by Crippen LogP contribution is -2.31. The number of amides is 1. The number of rotatable bonds is 4. The Morgan fingerprint density at radius 1 is 1.23 bits per heavy atom.